The Balaban J connectivity index is 2.10. The van der Waals surface area contributed by atoms with Gasteiger partial charge in [0.15, 0.2) is 5.81 Å². The summed E-state index contributed by atoms with van der Waals surface area (Å²) in [5.41, 5.74) is 1.04. The Morgan fingerprint density at radius 2 is 2.12 bits per heavy atom. The van der Waals surface area contributed by atoms with Crippen LogP contribution in [0.25, 0.3) is 0 Å². The molecule has 80 valence electrons. The number of benzene rings is 1. The Kier molecular flexibility index (Phi) is 2.94. The van der Waals surface area contributed by atoms with Gasteiger partial charge in [0.05, 0.1) is 6.04 Å². The first-order chi connectivity index (χ1) is 7.68. The number of carbonyl (C=O) groups is 2. The fraction of sp³-hybridized carbons (Fsp3) is 0.273. The van der Waals surface area contributed by atoms with Gasteiger partial charge in [-0.1, -0.05) is 30.3 Å². The van der Waals surface area contributed by atoms with E-state index in [1.165, 1.54) is 0 Å². The van der Waals surface area contributed by atoms with Crippen molar-refractivity contribution >= 4 is 19.7 Å². The average Bonchev–Trinajstić information content (AvgIpc) is 2.61. The molecule has 0 N–H and O–H groups in total. The molecule has 1 aromatic carbocycles. The van der Waals surface area contributed by atoms with Crippen molar-refractivity contribution in [2.24, 2.45) is 0 Å². The standard InChI is InChI=1S/C11H10BNO3/c12-10(14)13-9(7-16-11(13)15)6-8-4-2-1-3-5-8/h1-5,9H,6-7H2/t9-/m0/s1. The summed E-state index contributed by atoms with van der Waals surface area (Å²) in [6, 6.07) is 9.28. The van der Waals surface area contributed by atoms with Gasteiger partial charge >= 0.3 is 6.09 Å². The van der Waals surface area contributed by atoms with E-state index in [1.807, 2.05) is 30.3 Å². The molecule has 5 heteroatoms. The molecule has 4 nitrogen and oxygen atoms in total. The third-order valence-electron chi connectivity index (χ3n) is 2.51. The highest BCUT2D eigenvalue weighted by Gasteiger charge is 2.35. The Hall–Kier alpha value is -1.78. The van der Waals surface area contributed by atoms with Crippen LogP contribution in [0.1, 0.15) is 5.56 Å². The second-order valence-corrected chi connectivity index (χ2v) is 3.63. The molecule has 2 rings (SSSR count). The molecule has 0 aromatic heterocycles. The van der Waals surface area contributed by atoms with E-state index >= 15 is 0 Å². The number of hydrogen-bond acceptors (Lipinski definition) is 3. The maximum absolute atomic E-state index is 11.2. The normalized spacial score (nSPS) is 19.6. The van der Waals surface area contributed by atoms with Gasteiger partial charge in [-0.05, 0) is 12.0 Å². The Labute approximate surface area is 94.6 Å². The lowest BCUT2D eigenvalue weighted by Crippen LogP contribution is -2.39. The molecule has 1 atom stereocenters. The van der Waals surface area contributed by atoms with E-state index < -0.39 is 11.9 Å². The Morgan fingerprint density at radius 1 is 1.44 bits per heavy atom. The predicted molar refractivity (Wildman–Crippen MR) is 58.3 cm³/mol. The molecule has 16 heavy (non-hydrogen) atoms. The van der Waals surface area contributed by atoms with Crippen molar-refractivity contribution in [3.05, 3.63) is 35.9 Å². The summed E-state index contributed by atoms with van der Waals surface area (Å²) in [5, 5.41) is 0. The number of ether oxygens (including phenoxy) is 1. The van der Waals surface area contributed by atoms with Crippen molar-refractivity contribution in [3.8, 4) is 0 Å². The zero-order valence-electron chi connectivity index (χ0n) is 8.63. The second kappa shape index (κ2) is 4.39. The van der Waals surface area contributed by atoms with Crippen molar-refractivity contribution in [2.45, 2.75) is 12.5 Å². The van der Waals surface area contributed by atoms with Gasteiger partial charge < -0.3 is 4.74 Å². The van der Waals surface area contributed by atoms with Gasteiger partial charge in [0.25, 0.3) is 0 Å². The molecule has 1 aliphatic rings. The zero-order valence-corrected chi connectivity index (χ0v) is 8.63. The van der Waals surface area contributed by atoms with Crippen LogP contribution in [0, 0.1) is 0 Å². The fourth-order valence-corrected chi connectivity index (χ4v) is 1.77. The molecule has 0 bridgehead atoms. The molecule has 2 radical (unpaired) electrons. The first-order valence-corrected chi connectivity index (χ1v) is 4.98. The van der Waals surface area contributed by atoms with Crippen LogP contribution in [0.3, 0.4) is 0 Å². The fourth-order valence-electron chi connectivity index (χ4n) is 1.77. The van der Waals surface area contributed by atoms with Gasteiger partial charge in [0, 0.05) is 0 Å². The topological polar surface area (TPSA) is 46.6 Å². The van der Waals surface area contributed by atoms with Crippen LogP contribution in [0.15, 0.2) is 30.3 Å². The highest BCUT2D eigenvalue weighted by molar-refractivity contribution is 6.58. The largest absolute Gasteiger partial charge is 0.447 e. The molecule has 1 aliphatic heterocycles. The minimum absolute atomic E-state index is 0.205. The van der Waals surface area contributed by atoms with Gasteiger partial charge in [0.2, 0.25) is 7.85 Å². The smallest absolute Gasteiger partial charge is 0.416 e. The Bertz CT molecular complexity index is 407. The number of hydrogen-bond donors (Lipinski definition) is 0. The van der Waals surface area contributed by atoms with E-state index in [-0.39, 0.29) is 12.6 Å². The van der Waals surface area contributed by atoms with E-state index in [0.717, 1.165) is 10.5 Å². The van der Waals surface area contributed by atoms with E-state index in [9.17, 15) is 9.59 Å². The summed E-state index contributed by atoms with van der Waals surface area (Å²) >= 11 is 0. The lowest BCUT2D eigenvalue weighted by molar-refractivity contribution is 0.163. The third-order valence-corrected chi connectivity index (χ3v) is 2.51. The highest BCUT2D eigenvalue weighted by atomic mass is 16.6. The maximum Gasteiger partial charge on any atom is 0.416 e. The SMILES string of the molecule is [B]C(=O)N1C(=O)OC[C@@H]1Cc1ccccc1. The summed E-state index contributed by atoms with van der Waals surface area (Å²) in [4.78, 5) is 23.2. The summed E-state index contributed by atoms with van der Waals surface area (Å²) in [6.45, 7) is 0.205. The molecule has 1 fully saturated rings. The van der Waals surface area contributed by atoms with Gasteiger partial charge in [-0.3, -0.25) is 9.69 Å². The molecule has 0 aliphatic carbocycles. The molecule has 0 unspecified atom stereocenters. The number of nitrogens with zero attached hydrogens (tertiary/aromatic N) is 1. The van der Waals surface area contributed by atoms with Crippen molar-refractivity contribution in [1.29, 1.82) is 0 Å². The van der Waals surface area contributed by atoms with Crippen LogP contribution >= 0.6 is 0 Å². The minimum Gasteiger partial charge on any atom is -0.447 e. The third kappa shape index (κ3) is 2.08. The summed E-state index contributed by atoms with van der Waals surface area (Å²) in [6.07, 6.45) is -0.0939. The lowest BCUT2D eigenvalue weighted by atomic mass is 10.0. The number of imide groups is 1. The molecule has 0 saturated carbocycles. The zero-order chi connectivity index (χ0) is 11.5. The first kappa shape index (κ1) is 10.7. The molecular weight excluding hydrogens is 205 g/mol. The summed E-state index contributed by atoms with van der Waals surface area (Å²) in [7, 11) is 5.12. The van der Waals surface area contributed by atoms with Crippen LogP contribution < -0.4 is 0 Å². The number of rotatable bonds is 2. The van der Waals surface area contributed by atoms with Crippen molar-refractivity contribution < 1.29 is 14.3 Å². The van der Waals surface area contributed by atoms with Crippen LogP contribution in [0.4, 0.5) is 9.59 Å². The quantitative estimate of drug-likeness (QED) is 0.699. The molecular formula is C11H10BNO3. The van der Waals surface area contributed by atoms with Gasteiger partial charge in [0.1, 0.15) is 6.61 Å². The van der Waals surface area contributed by atoms with E-state index in [1.54, 1.807) is 0 Å². The number of amides is 2. The maximum atomic E-state index is 11.2. The van der Waals surface area contributed by atoms with Crippen LogP contribution in [0.5, 0.6) is 0 Å². The molecule has 1 saturated heterocycles. The molecule has 1 aromatic rings. The van der Waals surface area contributed by atoms with Gasteiger partial charge in [-0.2, -0.15) is 0 Å². The molecule has 0 spiro atoms. The monoisotopic (exact) mass is 215 g/mol. The average molecular weight is 215 g/mol. The second-order valence-electron chi connectivity index (χ2n) is 3.63. The summed E-state index contributed by atoms with van der Waals surface area (Å²) < 4.78 is 4.80. The van der Waals surface area contributed by atoms with Crippen molar-refractivity contribution in [3.63, 3.8) is 0 Å². The van der Waals surface area contributed by atoms with E-state index in [4.69, 9.17) is 12.6 Å². The lowest BCUT2D eigenvalue weighted by Gasteiger charge is -2.18. The van der Waals surface area contributed by atoms with E-state index in [0.29, 0.717) is 6.42 Å². The molecule has 2 amide bonds. The van der Waals surface area contributed by atoms with Crippen molar-refractivity contribution in [1.82, 2.24) is 4.90 Å². The van der Waals surface area contributed by atoms with Crippen LogP contribution in [-0.2, 0) is 11.2 Å². The summed E-state index contributed by atoms with van der Waals surface area (Å²) in [5.74, 6) is -0.761. The predicted octanol–water partition coefficient (Wildman–Crippen LogP) is 1.34. The van der Waals surface area contributed by atoms with E-state index in [2.05, 4.69) is 0 Å². The Morgan fingerprint density at radius 3 is 2.75 bits per heavy atom. The molecule has 1 heterocycles. The minimum atomic E-state index is -0.761. The number of carbonyl (C=O) groups excluding carboxylic acids is 2. The van der Waals surface area contributed by atoms with Crippen LogP contribution in [0.2, 0.25) is 0 Å². The van der Waals surface area contributed by atoms with Gasteiger partial charge in [-0.15, -0.1) is 0 Å². The van der Waals surface area contributed by atoms with Crippen molar-refractivity contribution in [2.75, 3.05) is 6.61 Å². The first-order valence-electron chi connectivity index (χ1n) is 4.98. The number of cyclic esters (lactones) is 1. The highest BCUT2D eigenvalue weighted by Crippen LogP contribution is 2.16. The van der Waals surface area contributed by atoms with Crippen LogP contribution in [-0.4, -0.2) is 37.3 Å². The van der Waals surface area contributed by atoms with Gasteiger partial charge in [-0.25, -0.2) is 4.79 Å².